The zero-order valence-electron chi connectivity index (χ0n) is 4.11. The van der Waals surface area contributed by atoms with Gasteiger partial charge in [-0.3, -0.25) is 0 Å². The zero-order valence-corrected chi connectivity index (χ0v) is 5.09. The molecule has 0 saturated heterocycles. The molecule has 5 heteroatoms. The van der Waals surface area contributed by atoms with Crippen molar-refractivity contribution in [3.63, 3.8) is 0 Å². The van der Waals surface area contributed by atoms with E-state index in [4.69, 9.17) is 47.3 Å². The fraction of sp³-hybridized carbons (Fsp3) is 0. The maximum Gasteiger partial charge on any atom is 3.00 e. The molecule has 0 unspecified atom stereocenters. The smallest absolute Gasteiger partial charge is 0.512 e. The van der Waals surface area contributed by atoms with E-state index in [0.29, 0.717) is 0 Å². The van der Waals surface area contributed by atoms with E-state index in [-0.39, 0.29) is 16.5 Å². The first-order chi connectivity index (χ1) is 4.00. The maximum atomic E-state index is 6.25. The van der Waals surface area contributed by atoms with E-state index in [0.717, 1.165) is 0 Å². The maximum absolute atomic E-state index is 6.25. The van der Waals surface area contributed by atoms with Crippen LogP contribution in [0.2, 0.25) is 0 Å². The summed E-state index contributed by atoms with van der Waals surface area (Å²) in [7, 11) is 0. The minimum Gasteiger partial charge on any atom is -0.512 e. The third-order valence-electron chi connectivity index (χ3n) is 0. The van der Waals surface area contributed by atoms with Crippen molar-refractivity contribution in [2.24, 2.45) is 0 Å². The molecule has 9 heavy (non-hydrogen) atoms. The summed E-state index contributed by atoms with van der Waals surface area (Å²) in [5.41, 5.74) is 0. The van der Waals surface area contributed by atoms with E-state index in [1.807, 2.05) is 0 Å². The van der Waals surface area contributed by atoms with Gasteiger partial charge in [-0.1, -0.05) is 0 Å². The number of nitrogens with zero attached hydrogens (tertiary/aromatic N) is 4. The van der Waals surface area contributed by atoms with Gasteiger partial charge in [0, 0.05) is 0 Å². The fourth-order valence-corrected chi connectivity index (χ4v) is 0. The molecule has 0 aliphatic heterocycles. The molecule has 0 rings (SSSR count). The van der Waals surface area contributed by atoms with Gasteiger partial charge in [0.1, 0.15) is 0 Å². The van der Waals surface area contributed by atoms with Crippen LogP contribution in [0.1, 0.15) is 0 Å². The minimum atomic E-state index is 0. The second-order valence-electron chi connectivity index (χ2n) is 0. The molecular formula is C4N4Ni-. The largest absolute Gasteiger partial charge is 3.00 e. The van der Waals surface area contributed by atoms with Crippen LogP contribution in [0.3, 0.4) is 0 Å². The number of hydrogen-bond donors (Lipinski definition) is 0. The van der Waals surface area contributed by atoms with E-state index >= 15 is 0 Å². The molecule has 1 radical (unpaired) electrons. The molecule has 0 aromatic carbocycles. The van der Waals surface area contributed by atoms with Crippen molar-refractivity contribution in [2.45, 2.75) is 0 Å². The predicted octanol–water partition coefficient (Wildman–Crippen LogP) is 0.383. The zero-order chi connectivity index (χ0) is 8.00. The summed E-state index contributed by atoms with van der Waals surface area (Å²) in [4.78, 5) is 0. The van der Waals surface area contributed by atoms with Gasteiger partial charge in [-0.25, -0.2) is 0 Å². The van der Waals surface area contributed by atoms with Crippen LogP contribution < -0.4 is 0 Å². The molecule has 0 atom stereocenters. The van der Waals surface area contributed by atoms with Gasteiger partial charge in [-0.05, 0) is 0 Å². The summed E-state index contributed by atoms with van der Waals surface area (Å²) in [5.74, 6) is 0. The van der Waals surface area contributed by atoms with Crippen molar-refractivity contribution in [1.82, 2.24) is 0 Å². The minimum absolute atomic E-state index is 0. The average Bonchev–Trinajstić information content (AvgIpc) is 2.03. The SMILES string of the molecule is [C-]#N.[C-]#N.[C-]#N.[C-]#N.[Ni+3]. The predicted molar refractivity (Wildman–Crippen MR) is 19.9 cm³/mol. The van der Waals surface area contributed by atoms with Crippen molar-refractivity contribution in [1.29, 1.82) is 21.0 Å². The second kappa shape index (κ2) is 80.3. The topological polar surface area (TPSA) is 95.2 Å². The van der Waals surface area contributed by atoms with Crippen LogP contribution in [0, 0.1) is 47.3 Å². The Morgan fingerprint density at radius 3 is 0.444 bits per heavy atom. The van der Waals surface area contributed by atoms with Crippen LogP contribution in [-0.2, 0) is 16.5 Å². The van der Waals surface area contributed by atoms with Gasteiger partial charge in [0.15, 0.2) is 0 Å². The van der Waals surface area contributed by atoms with Crippen LogP contribution in [0.5, 0.6) is 0 Å². The molecule has 0 aliphatic carbocycles. The first-order valence-corrected chi connectivity index (χ1v) is 0.894. The normalized spacial score (nSPS) is 0.889. The van der Waals surface area contributed by atoms with E-state index < -0.39 is 0 Å². The molecule has 0 fully saturated rings. The summed E-state index contributed by atoms with van der Waals surface area (Å²) in [5, 5.41) is 25.0. The number of hydrogen-bond acceptors (Lipinski definition) is 4. The van der Waals surface area contributed by atoms with Gasteiger partial charge in [-0.2, -0.15) is 0 Å². The van der Waals surface area contributed by atoms with Crippen molar-refractivity contribution in [3.05, 3.63) is 26.3 Å². The quantitative estimate of drug-likeness (QED) is 0.380. The molecule has 0 aliphatic rings. The van der Waals surface area contributed by atoms with Crippen LogP contribution in [-0.4, -0.2) is 0 Å². The molecule has 4 nitrogen and oxygen atoms in total. The Balaban J connectivity index is -0.00000000762. The number of rotatable bonds is 0. The average molecular weight is 163 g/mol. The Bertz CT molecular complexity index is 55.5. The van der Waals surface area contributed by atoms with Crippen LogP contribution in [0.4, 0.5) is 0 Å². The molecule has 0 heterocycles. The molecule has 0 saturated carbocycles. The molecule has 0 spiro atoms. The summed E-state index contributed by atoms with van der Waals surface area (Å²) in [6.07, 6.45) is 0. The molecule has 0 amide bonds. The Morgan fingerprint density at radius 1 is 0.444 bits per heavy atom. The van der Waals surface area contributed by atoms with Gasteiger partial charge in [0.2, 0.25) is 0 Å². The van der Waals surface area contributed by atoms with Crippen LogP contribution in [0.15, 0.2) is 0 Å². The standard InChI is InChI=1S/4CN.Ni/c4*1-2;/q4*-1;+3. The van der Waals surface area contributed by atoms with Crippen molar-refractivity contribution in [3.8, 4) is 0 Å². The van der Waals surface area contributed by atoms with Crippen LogP contribution >= 0.6 is 0 Å². The Hall–Kier alpha value is -1.55. The monoisotopic (exact) mass is 162 g/mol. The molecule has 0 bridgehead atoms. The van der Waals surface area contributed by atoms with Gasteiger partial charge >= 0.3 is 16.5 Å². The first kappa shape index (κ1) is 51.6. The third kappa shape index (κ3) is 53.5. The Labute approximate surface area is 64.5 Å². The van der Waals surface area contributed by atoms with E-state index in [1.165, 1.54) is 0 Å². The van der Waals surface area contributed by atoms with Gasteiger partial charge in [0.05, 0.1) is 0 Å². The van der Waals surface area contributed by atoms with Gasteiger partial charge < -0.3 is 47.3 Å². The summed E-state index contributed by atoms with van der Waals surface area (Å²) in [6, 6.07) is 0. The van der Waals surface area contributed by atoms with E-state index in [2.05, 4.69) is 0 Å². The summed E-state index contributed by atoms with van der Waals surface area (Å²) < 4.78 is 0. The Kier molecular flexibility index (Phi) is 460. The van der Waals surface area contributed by atoms with Crippen molar-refractivity contribution >= 4 is 0 Å². The second-order valence-corrected chi connectivity index (χ2v) is 0. The van der Waals surface area contributed by atoms with Gasteiger partial charge in [0.25, 0.3) is 0 Å². The first-order valence-electron chi connectivity index (χ1n) is 0.894. The molecule has 0 aromatic heterocycles. The Morgan fingerprint density at radius 2 is 0.444 bits per heavy atom. The van der Waals surface area contributed by atoms with Crippen molar-refractivity contribution in [2.75, 3.05) is 0 Å². The van der Waals surface area contributed by atoms with E-state index in [1.54, 1.807) is 0 Å². The molecule has 0 aromatic rings. The van der Waals surface area contributed by atoms with Crippen molar-refractivity contribution < 1.29 is 16.5 Å². The van der Waals surface area contributed by atoms with Gasteiger partial charge in [-0.15, -0.1) is 0 Å². The molecular weight excluding hydrogens is 163 g/mol. The molecule has 0 N–H and O–H groups in total. The summed E-state index contributed by atoms with van der Waals surface area (Å²) in [6.45, 7) is 19.0. The third-order valence-corrected chi connectivity index (χ3v) is 0. The summed E-state index contributed by atoms with van der Waals surface area (Å²) >= 11 is 0. The van der Waals surface area contributed by atoms with Crippen LogP contribution in [0.25, 0.3) is 0 Å². The fourth-order valence-electron chi connectivity index (χ4n) is 0. The van der Waals surface area contributed by atoms with E-state index in [9.17, 15) is 0 Å². The molecule has 47 valence electrons.